The predicted molar refractivity (Wildman–Crippen MR) is 89.9 cm³/mol. The van der Waals surface area contributed by atoms with Gasteiger partial charge < -0.3 is 10.5 Å². The number of nitrogens with two attached hydrogens (primary N) is 1. The fraction of sp³-hybridized carbons (Fsp3) is 0.778. The van der Waals surface area contributed by atoms with Crippen LogP contribution in [0.4, 0.5) is 0 Å². The summed E-state index contributed by atoms with van der Waals surface area (Å²) in [6.45, 7) is 8.77. The molecule has 21 heavy (non-hydrogen) atoms. The summed E-state index contributed by atoms with van der Waals surface area (Å²) < 4.78 is 6.24. The molecule has 2 heterocycles. The fourth-order valence-electron chi connectivity index (χ4n) is 4.22. The van der Waals surface area contributed by atoms with E-state index in [4.69, 9.17) is 10.5 Å². The molecule has 0 radical (unpaired) electrons. The predicted octanol–water partition coefficient (Wildman–Crippen LogP) is 4.61. The van der Waals surface area contributed by atoms with Gasteiger partial charge in [-0.3, -0.25) is 0 Å². The molecule has 118 valence electrons. The van der Waals surface area contributed by atoms with Crippen LogP contribution in [0, 0.1) is 5.92 Å². The van der Waals surface area contributed by atoms with Gasteiger partial charge in [-0.1, -0.05) is 6.42 Å². The Morgan fingerprint density at radius 2 is 1.90 bits per heavy atom. The van der Waals surface area contributed by atoms with Gasteiger partial charge in [0.05, 0.1) is 11.2 Å². The molecule has 0 bridgehead atoms. The van der Waals surface area contributed by atoms with E-state index in [1.807, 2.05) is 11.3 Å². The van der Waals surface area contributed by atoms with Gasteiger partial charge in [0.15, 0.2) is 0 Å². The molecule has 2 nitrogen and oxygen atoms in total. The largest absolute Gasteiger partial charge is 0.369 e. The molecule has 1 aromatic rings. The summed E-state index contributed by atoms with van der Waals surface area (Å²) in [4.78, 5) is 2.97. The maximum atomic E-state index is 6.68. The summed E-state index contributed by atoms with van der Waals surface area (Å²) in [6, 6.07) is 2.51. The molecule has 0 aromatic carbocycles. The molecular weight excluding hydrogens is 278 g/mol. The van der Waals surface area contributed by atoms with E-state index in [9.17, 15) is 0 Å². The van der Waals surface area contributed by atoms with Gasteiger partial charge in [0, 0.05) is 21.7 Å². The first kappa shape index (κ1) is 15.5. The Balaban J connectivity index is 1.84. The molecule has 2 N–H and O–H groups in total. The molecule has 0 spiro atoms. The van der Waals surface area contributed by atoms with Gasteiger partial charge in [0.25, 0.3) is 0 Å². The highest BCUT2D eigenvalue weighted by molar-refractivity contribution is 7.12. The molecule has 3 heteroatoms. The molecule has 2 atom stereocenters. The van der Waals surface area contributed by atoms with Gasteiger partial charge in [0.2, 0.25) is 0 Å². The van der Waals surface area contributed by atoms with Crippen LogP contribution in [-0.4, -0.2) is 11.2 Å². The van der Waals surface area contributed by atoms with Crippen molar-refractivity contribution in [3.05, 3.63) is 21.4 Å². The van der Waals surface area contributed by atoms with Crippen LogP contribution in [0.15, 0.2) is 6.07 Å². The number of fused-ring (bicyclic) bond motifs is 1. The van der Waals surface area contributed by atoms with E-state index in [0.29, 0.717) is 5.92 Å². The molecule has 1 aliphatic carbocycles. The topological polar surface area (TPSA) is 35.2 Å². The summed E-state index contributed by atoms with van der Waals surface area (Å²) in [6.07, 6.45) is 7.60. The van der Waals surface area contributed by atoms with Crippen LogP contribution >= 0.6 is 11.3 Å². The highest BCUT2D eigenvalue weighted by Gasteiger charge is 2.48. The number of aryl methyl sites for hydroxylation is 2. The van der Waals surface area contributed by atoms with E-state index >= 15 is 0 Å². The third kappa shape index (κ3) is 3.06. The Labute approximate surface area is 133 Å². The second kappa shape index (κ2) is 5.36. The average Bonchev–Trinajstić information content (AvgIpc) is 2.77. The molecule has 1 aliphatic heterocycles. The smallest absolute Gasteiger partial charge is 0.0681 e. The van der Waals surface area contributed by atoms with E-state index in [1.165, 1.54) is 37.0 Å². The highest BCUT2D eigenvalue weighted by atomic mass is 32.1. The van der Waals surface area contributed by atoms with E-state index in [-0.39, 0.29) is 17.2 Å². The lowest BCUT2D eigenvalue weighted by Gasteiger charge is -2.30. The fourth-order valence-corrected chi connectivity index (χ4v) is 5.54. The lowest BCUT2D eigenvalue weighted by atomic mass is 9.81. The lowest BCUT2D eigenvalue weighted by Crippen LogP contribution is -2.35. The summed E-state index contributed by atoms with van der Waals surface area (Å²) in [7, 11) is 0. The molecule has 0 amide bonds. The van der Waals surface area contributed by atoms with Crippen molar-refractivity contribution >= 4 is 11.3 Å². The highest BCUT2D eigenvalue weighted by Crippen LogP contribution is 2.48. The van der Waals surface area contributed by atoms with Crippen LogP contribution in [0.1, 0.15) is 74.7 Å². The molecule has 2 aliphatic rings. The molecule has 1 aromatic heterocycles. The van der Waals surface area contributed by atoms with Gasteiger partial charge in [-0.2, -0.15) is 0 Å². The van der Waals surface area contributed by atoms with Gasteiger partial charge in [-0.05, 0) is 71.4 Å². The maximum absolute atomic E-state index is 6.68. The zero-order valence-corrected chi connectivity index (χ0v) is 14.7. The zero-order valence-electron chi connectivity index (χ0n) is 13.9. The molecule has 2 unspecified atom stereocenters. The Kier molecular flexibility index (Phi) is 3.96. The normalized spacial score (nSPS) is 28.9. The zero-order chi connectivity index (χ0) is 15.3. The SMILES string of the molecule is CC1(C)CC(C(N)c2cc3c(s2)CCCCC3)C(C)(C)O1. The van der Waals surface area contributed by atoms with Gasteiger partial charge >= 0.3 is 0 Å². The number of rotatable bonds is 2. The van der Waals surface area contributed by atoms with E-state index in [0.717, 1.165) is 6.42 Å². The quantitative estimate of drug-likeness (QED) is 0.810. The first-order chi connectivity index (χ1) is 9.78. The molecule has 0 saturated carbocycles. The molecule has 3 rings (SSSR count). The molecule has 1 fully saturated rings. The molecular formula is C18H29NOS. The van der Waals surface area contributed by atoms with Gasteiger partial charge in [-0.15, -0.1) is 11.3 Å². The van der Waals surface area contributed by atoms with E-state index in [2.05, 4.69) is 33.8 Å². The van der Waals surface area contributed by atoms with Crippen LogP contribution in [0.3, 0.4) is 0 Å². The molecule has 1 saturated heterocycles. The van der Waals surface area contributed by atoms with Crippen LogP contribution < -0.4 is 5.73 Å². The number of hydrogen-bond acceptors (Lipinski definition) is 3. The van der Waals surface area contributed by atoms with Crippen molar-refractivity contribution in [2.75, 3.05) is 0 Å². The maximum Gasteiger partial charge on any atom is 0.0681 e. The summed E-state index contributed by atoms with van der Waals surface area (Å²) in [5, 5.41) is 0. The minimum absolute atomic E-state index is 0.0554. The second-order valence-corrected chi connectivity index (χ2v) is 9.13. The lowest BCUT2D eigenvalue weighted by molar-refractivity contribution is -0.0766. The van der Waals surface area contributed by atoms with Crippen LogP contribution in [0.25, 0.3) is 0 Å². The van der Waals surface area contributed by atoms with Crippen LogP contribution in [-0.2, 0) is 17.6 Å². The van der Waals surface area contributed by atoms with Crippen molar-refractivity contribution in [2.24, 2.45) is 11.7 Å². The van der Waals surface area contributed by atoms with Crippen molar-refractivity contribution in [1.29, 1.82) is 0 Å². The summed E-state index contributed by atoms with van der Waals surface area (Å²) >= 11 is 1.96. The minimum Gasteiger partial charge on any atom is -0.369 e. The van der Waals surface area contributed by atoms with Crippen molar-refractivity contribution < 1.29 is 4.74 Å². The van der Waals surface area contributed by atoms with Gasteiger partial charge in [-0.25, -0.2) is 0 Å². The van der Waals surface area contributed by atoms with E-state index in [1.54, 1.807) is 10.4 Å². The van der Waals surface area contributed by atoms with Crippen LogP contribution in [0.2, 0.25) is 0 Å². The number of thiophene rings is 1. The number of ether oxygens (including phenoxy) is 1. The first-order valence-electron chi connectivity index (χ1n) is 8.36. The average molecular weight is 308 g/mol. The van der Waals surface area contributed by atoms with Gasteiger partial charge in [0.1, 0.15) is 0 Å². The van der Waals surface area contributed by atoms with E-state index < -0.39 is 0 Å². The first-order valence-corrected chi connectivity index (χ1v) is 9.17. The summed E-state index contributed by atoms with van der Waals surface area (Å²) in [5.41, 5.74) is 8.06. The Hall–Kier alpha value is -0.380. The second-order valence-electron chi connectivity index (χ2n) is 7.96. The Morgan fingerprint density at radius 3 is 2.57 bits per heavy atom. The minimum atomic E-state index is -0.135. The third-order valence-corrected chi connectivity index (χ3v) is 6.51. The third-order valence-electron chi connectivity index (χ3n) is 5.17. The summed E-state index contributed by atoms with van der Waals surface area (Å²) in [5.74, 6) is 0.398. The van der Waals surface area contributed by atoms with Crippen molar-refractivity contribution in [2.45, 2.75) is 83.5 Å². The van der Waals surface area contributed by atoms with Crippen molar-refractivity contribution in [3.63, 3.8) is 0 Å². The van der Waals surface area contributed by atoms with Crippen molar-refractivity contribution in [3.8, 4) is 0 Å². The van der Waals surface area contributed by atoms with Crippen molar-refractivity contribution in [1.82, 2.24) is 0 Å². The standard InChI is InChI=1S/C18H29NOS/c1-17(2)11-13(18(3,4)20-17)16(19)15-10-12-8-6-5-7-9-14(12)21-15/h10,13,16H,5-9,11,19H2,1-4H3. The Morgan fingerprint density at radius 1 is 1.19 bits per heavy atom. The Bertz CT molecular complexity index is 494. The van der Waals surface area contributed by atoms with Crippen LogP contribution in [0.5, 0.6) is 0 Å². The monoisotopic (exact) mass is 307 g/mol. The number of hydrogen-bond donors (Lipinski definition) is 1.